The van der Waals surface area contributed by atoms with Gasteiger partial charge in [0.05, 0.1) is 12.8 Å². The van der Waals surface area contributed by atoms with Crippen molar-refractivity contribution in [3.63, 3.8) is 0 Å². The molecule has 0 aliphatic heterocycles. The van der Waals surface area contributed by atoms with Crippen molar-refractivity contribution in [3.05, 3.63) is 24.3 Å². The number of aromatic nitrogens is 4. The summed E-state index contributed by atoms with van der Waals surface area (Å²) in [6, 6.07) is 7.88. The summed E-state index contributed by atoms with van der Waals surface area (Å²) in [4.78, 5) is 12.0. The van der Waals surface area contributed by atoms with Crippen molar-refractivity contribution in [2.75, 3.05) is 12.9 Å². The molecule has 1 amide bonds. The van der Waals surface area contributed by atoms with E-state index in [0.717, 1.165) is 24.3 Å². The molecule has 1 aromatic heterocycles. The van der Waals surface area contributed by atoms with Crippen LogP contribution < -0.4 is 10.1 Å². The molecule has 0 saturated heterocycles. The molecule has 128 valence electrons. The van der Waals surface area contributed by atoms with Crippen LogP contribution >= 0.6 is 11.8 Å². The molecule has 1 fully saturated rings. The number of methoxy groups -OCH3 is 1. The maximum atomic E-state index is 12.0. The molecule has 2 aromatic rings. The minimum atomic E-state index is 0.109. The highest BCUT2D eigenvalue weighted by molar-refractivity contribution is 7.99. The van der Waals surface area contributed by atoms with E-state index in [1.807, 2.05) is 24.3 Å². The summed E-state index contributed by atoms with van der Waals surface area (Å²) in [5.41, 5.74) is 0.860. The van der Waals surface area contributed by atoms with Crippen LogP contribution in [0.3, 0.4) is 0 Å². The van der Waals surface area contributed by atoms with E-state index in [1.165, 1.54) is 24.6 Å². The second-order valence-corrected chi connectivity index (χ2v) is 6.78. The zero-order chi connectivity index (χ0) is 16.8. The molecule has 7 nitrogen and oxygen atoms in total. The third-order valence-corrected chi connectivity index (χ3v) is 4.96. The van der Waals surface area contributed by atoms with Crippen LogP contribution in [-0.4, -0.2) is 45.0 Å². The fourth-order valence-electron chi connectivity index (χ4n) is 2.76. The Bertz CT molecular complexity index is 667. The number of ether oxygens (including phenoxy) is 1. The number of thioether (sulfide) groups is 1. The molecule has 3 rings (SSSR count). The Morgan fingerprint density at radius 2 is 2.08 bits per heavy atom. The first-order chi connectivity index (χ1) is 11.8. The van der Waals surface area contributed by atoms with Gasteiger partial charge in [-0.05, 0) is 47.5 Å². The Balaban J connectivity index is 1.52. The summed E-state index contributed by atoms with van der Waals surface area (Å²) in [5, 5.41) is 15.6. The average molecular weight is 347 g/mol. The number of carbonyl (C=O) groups excluding carboxylic acids is 1. The molecule has 0 radical (unpaired) electrons. The number of tetrazole rings is 1. The van der Waals surface area contributed by atoms with Gasteiger partial charge in [-0.2, -0.15) is 4.68 Å². The normalized spacial score (nSPS) is 14.7. The van der Waals surface area contributed by atoms with E-state index < -0.39 is 0 Å². The first-order valence-corrected chi connectivity index (χ1v) is 9.10. The van der Waals surface area contributed by atoms with Gasteiger partial charge in [0.1, 0.15) is 5.75 Å². The van der Waals surface area contributed by atoms with Crippen molar-refractivity contribution < 1.29 is 9.53 Å². The molecule has 1 aliphatic rings. The van der Waals surface area contributed by atoms with Gasteiger partial charge in [-0.25, -0.2) is 0 Å². The zero-order valence-electron chi connectivity index (χ0n) is 13.6. The summed E-state index contributed by atoms with van der Waals surface area (Å²) < 4.78 is 6.82. The smallest absolute Gasteiger partial charge is 0.221 e. The fraction of sp³-hybridized carbons (Fsp3) is 0.500. The number of amides is 1. The van der Waals surface area contributed by atoms with Gasteiger partial charge in [-0.15, -0.1) is 5.10 Å². The molecule has 1 saturated carbocycles. The largest absolute Gasteiger partial charge is 0.497 e. The Morgan fingerprint density at radius 1 is 1.33 bits per heavy atom. The Hall–Kier alpha value is -2.09. The Morgan fingerprint density at radius 3 is 2.79 bits per heavy atom. The van der Waals surface area contributed by atoms with Gasteiger partial charge in [-0.3, -0.25) is 4.79 Å². The predicted octanol–water partition coefficient (Wildman–Crippen LogP) is 2.21. The first kappa shape index (κ1) is 16.8. The van der Waals surface area contributed by atoms with Gasteiger partial charge in [0.25, 0.3) is 0 Å². The highest BCUT2D eigenvalue weighted by Crippen LogP contribution is 2.21. The predicted molar refractivity (Wildman–Crippen MR) is 91.4 cm³/mol. The van der Waals surface area contributed by atoms with Gasteiger partial charge in [0.15, 0.2) is 0 Å². The molecule has 1 N–H and O–H groups in total. The van der Waals surface area contributed by atoms with Gasteiger partial charge < -0.3 is 10.1 Å². The molecular weight excluding hydrogens is 326 g/mol. The molecular formula is C16H21N5O2S. The molecule has 1 heterocycles. The maximum Gasteiger partial charge on any atom is 0.221 e. The fourth-order valence-corrected chi connectivity index (χ4v) is 3.59. The summed E-state index contributed by atoms with van der Waals surface area (Å²) in [7, 11) is 1.63. The Kier molecular flexibility index (Phi) is 5.68. The number of nitrogens with one attached hydrogen (secondary N) is 1. The van der Waals surface area contributed by atoms with E-state index in [0.29, 0.717) is 23.4 Å². The molecule has 0 atom stereocenters. The van der Waals surface area contributed by atoms with Crippen LogP contribution in [0.25, 0.3) is 5.69 Å². The van der Waals surface area contributed by atoms with Crippen molar-refractivity contribution in [3.8, 4) is 11.4 Å². The van der Waals surface area contributed by atoms with Crippen molar-refractivity contribution in [2.45, 2.75) is 43.3 Å². The monoisotopic (exact) mass is 347 g/mol. The van der Waals surface area contributed by atoms with Crippen LogP contribution in [0.1, 0.15) is 32.1 Å². The lowest BCUT2D eigenvalue weighted by molar-refractivity contribution is -0.121. The van der Waals surface area contributed by atoms with Gasteiger partial charge in [-0.1, -0.05) is 24.6 Å². The van der Waals surface area contributed by atoms with E-state index in [4.69, 9.17) is 4.74 Å². The molecule has 1 aliphatic carbocycles. The highest BCUT2D eigenvalue weighted by atomic mass is 32.2. The van der Waals surface area contributed by atoms with E-state index >= 15 is 0 Å². The lowest BCUT2D eigenvalue weighted by Crippen LogP contribution is -2.32. The number of hydrogen-bond donors (Lipinski definition) is 1. The second kappa shape index (κ2) is 8.14. The van der Waals surface area contributed by atoms with Crippen molar-refractivity contribution in [1.82, 2.24) is 25.5 Å². The maximum absolute atomic E-state index is 12.0. The summed E-state index contributed by atoms with van der Waals surface area (Å²) in [5.74, 6) is 1.54. The molecule has 1 aromatic carbocycles. The second-order valence-electron chi connectivity index (χ2n) is 5.72. The number of rotatable bonds is 7. The van der Waals surface area contributed by atoms with Crippen LogP contribution in [0.15, 0.2) is 29.4 Å². The van der Waals surface area contributed by atoms with Crippen LogP contribution in [0.2, 0.25) is 0 Å². The minimum Gasteiger partial charge on any atom is -0.497 e. The zero-order valence-corrected chi connectivity index (χ0v) is 14.5. The van der Waals surface area contributed by atoms with Crippen molar-refractivity contribution in [2.24, 2.45) is 0 Å². The van der Waals surface area contributed by atoms with E-state index in [2.05, 4.69) is 20.8 Å². The quantitative estimate of drug-likeness (QED) is 0.773. The average Bonchev–Trinajstić information content (AvgIpc) is 3.27. The van der Waals surface area contributed by atoms with Crippen molar-refractivity contribution >= 4 is 17.7 Å². The van der Waals surface area contributed by atoms with E-state index in [1.54, 1.807) is 11.8 Å². The lowest BCUT2D eigenvalue weighted by atomic mass is 10.2. The third kappa shape index (κ3) is 4.25. The topological polar surface area (TPSA) is 81.9 Å². The Labute approximate surface area is 145 Å². The first-order valence-electron chi connectivity index (χ1n) is 8.11. The highest BCUT2D eigenvalue weighted by Gasteiger charge is 2.17. The number of hydrogen-bond acceptors (Lipinski definition) is 6. The molecule has 0 bridgehead atoms. The molecule has 8 heteroatoms. The van der Waals surface area contributed by atoms with Crippen molar-refractivity contribution in [1.29, 1.82) is 0 Å². The number of nitrogens with zero attached hydrogens (tertiary/aromatic N) is 4. The standard InChI is InChI=1S/C16H21N5O2S/c1-23-14-8-6-13(7-9-14)21-16(18-19-20-21)24-11-10-15(22)17-12-4-2-3-5-12/h6-9,12H,2-5,10-11H2,1H3,(H,17,22). The summed E-state index contributed by atoms with van der Waals surface area (Å²) >= 11 is 1.48. The summed E-state index contributed by atoms with van der Waals surface area (Å²) in [6.45, 7) is 0. The molecule has 0 unspecified atom stereocenters. The van der Waals surface area contributed by atoms with Crippen LogP contribution in [0.4, 0.5) is 0 Å². The number of carbonyl (C=O) groups is 1. The van der Waals surface area contributed by atoms with Crippen LogP contribution in [0, 0.1) is 0 Å². The molecule has 24 heavy (non-hydrogen) atoms. The lowest BCUT2D eigenvalue weighted by Gasteiger charge is -2.11. The minimum absolute atomic E-state index is 0.109. The third-order valence-electron chi connectivity index (χ3n) is 4.04. The van der Waals surface area contributed by atoms with Crippen LogP contribution in [-0.2, 0) is 4.79 Å². The summed E-state index contributed by atoms with van der Waals surface area (Å²) in [6.07, 6.45) is 5.12. The van der Waals surface area contributed by atoms with Gasteiger partial charge in [0.2, 0.25) is 11.1 Å². The van der Waals surface area contributed by atoms with Gasteiger partial charge >= 0.3 is 0 Å². The van der Waals surface area contributed by atoms with Gasteiger partial charge in [0, 0.05) is 18.2 Å². The van der Waals surface area contributed by atoms with E-state index in [-0.39, 0.29) is 5.91 Å². The van der Waals surface area contributed by atoms with E-state index in [9.17, 15) is 4.79 Å². The number of benzene rings is 1. The SMILES string of the molecule is COc1ccc(-n2nnnc2SCCC(=O)NC2CCCC2)cc1. The van der Waals surface area contributed by atoms with Crippen LogP contribution in [0.5, 0.6) is 5.75 Å². The molecule has 0 spiro atoms.